The number of nitrogens with zero attached hydrogens (tertiary/aromatic N) is 1. The summed E-state index contributed by atoms with van der Waals surface area (Å²) in [5.74, 6) is 0. The fourth-order valence-electron chi connectivity index (χ4n) is 2.17. The van der Waals surface area contributed by atoms with Crippen LogP contribution in [-0.4, -0.2) is 54.5 Å². The molecular formula is C12H26N2O2. The molecule has 4 heteroatoms. The second-order valence-electron chi connectivity index (χ2n) is 5.33. The summed E-state index contributed by atoms with van der Waals surface area (Å²) in [5, 5.41) is 9.92. The van der Waals surface area contributed by atoms with Gasteiger partial charge in [-0.25, -0.2) is 0 Å². The van der Waals surface area contributed by atoms with Crippen LogP contribution in [-0.2, 0) is 4.74 Å². The minimum absolute atomic E-state index is 0.311. The highest BCUT2D eigenvalue weighted by atomic mass is 16.5. The van der Waals surface area contributed by atoms with E-state index < -0.39 is 5.60 Å². The topological polar surface area (TPSA) is 58.7 Å². The first-order valence-electron chi connectivity index (χ1n) is 6.19. The fourth-order valence-corrected chi connectivity index (χ4v) is 2.17. The van der Waals surface area contributed by atoms with Crippen LogP contribution in [0.3, 0.4) is 0 Å². The summed E-state index contributed by atoms with van der Waals surface area (Å²) in [6.45, 7) is 6.07. The van der Waals surface area contributed by atoms with Gasteiger partial charge in [0, 0.05) is 25.7 Å². The average Bonchev–Trinajstić information content (AvgIpc) is 2.69. The van der Waals surface area contributed by atoms with Gasteiger partial charge in [-0.2, -0.15) is 0 Å². The van der Waals surface area contributed by atoms with Gasteiger partial charge in [0.25, 0.3) is 0 Å². The molecule has 0 aromatic carbocycles. The molecule has 0 aliphatic carbocycles. The maximum Gasteiger partial charge on any atom is 0.0756 e. The van der Waals surface area contributed by atoms with E-state index >= 15 is 0 Å². The van der Waals surface area contributed by atoms with Crippen LogP contribution in [0.1, 0.15) is 33.1 Å². The lowest BCUT2D eigenvalue weighted by atomic mass is 9.97. The highest BCUT2D eigenvalue weighted by molar-refractivity contribution is 4.81. The van der Waals surface area contributed by atoms with E-state index in [-0.39, 0.29) is 0 Å². The van der Waals surface area contributed by atoms with Crippen molar-refractivity contribution < 1.29 is 9.84 Å². The molecule has 0 spiro atoms. The molecule has 16 heavy (non-hydrogen) atoms. The molecule has 0 aromatic heterocycles. The molecule has 3 N–H and O–H groups in total. The normalized spacial score (nSPS) is 27.0. The average molecular weight is 230 g/mol. The zero-order valence-corrected chi connectivity index (χ0v) is 10.8. The molecule has 1 saturated heterocycles. The Morgan fingerprint density at radius 3 is 2.81 bits per heavy atom. The molecule has 0 bridgehead atoms. The van der Waals surface area contributed by atoms with E-state index in [0.29, 0.717) is 25.1 Å². The van der Waals surface area contributed by atoms with E-state index in [4.69, 9.17) is 10.5 Å². The summed E-state index contributed by atoms with van der Waals surface area (Å²) < 4.78 is 5.60. The Labute approximate surface area is 98.8 Å². The van der Waals surface area contributed by atoms with Crippen molar-refractivity contribution in [1.29, 1.82) is 0 Å². The third kappa shape index (κ3) is 4.37. The van der Waals surface area contributed by atoms with Gasteiger partial charge >= 0.3 is 0 Å². The van der Waals surface area contributed by atoms with Crippen molar-refractivity contribution in [3.05, 3.63) is 0 Å². The predicted molar refractivity (Wildman–Crippen MR) is 65.4 cm³/mol. The van der Waals surface area contributed by atoms with Gasteiger partial charge in [0.1, 0.15) is 0 Å². The SMILES string of the molecule is CC(CC(C)(O)CN)N(C)CC1CCCO1. The zero-order chi connectivity index (χ0) is 12.2. The standard InChI is InChI=1S/C12H26N2O2/c1-10(7-12(2,15)9-13)14(3)8-11-5-4-6-16-11/h10-11,15H,4-9,13H2,1-3H3. The molecule has 1 fully saturated rings. The van der Waals surface area contributed by atoms with Crippen LogP contribution in [0.2, 0.25) is 0 Å². The molecule has 96 valence electrons. The molecule has 0 amide bonds. The highest BCUT2D eigenvalue weighted by Gasteiger charge is 2.25. The third-order valence-electron chi connectivity index (χ3n) is 3.44. The van der Waals surface area contributed by atoms with Crippen molar-refractivity contribution in [2.75, 3.05) is 26.7 Å². The number of rotatable bonds is 6. The Balaban J connectivity index is 2.31. The molecule has 0 aromatic rings. The molecule has 3 unspecified atom stereocenters. The number of hydrogen-bond acceptors (Lipinski definition) is 4. The van der Waals surface area contributed by atoms with Gasteiger partial charge in [0.2, 0.25) is 0 Å². The highest BCUT2D eigenvalue weighted by Crippen LogP contribution is 2.17. The lowest BCUT2D eigenvalue weighted by molar-refractivity contribution is 0.0189. The lowest BCUT2D eigenvalue weighted by Gasteiger charge is -2.32. The minimum atomic E-state index is -0.760. The molecule has 0 saturated carbocycles. The number of hydrogen-bond donors (Lipinski definition) is 2. The molecule has 1 aliphatic rings. The molecular weight excluding hydrogens is 204 g/mol. The van der Waals surface area contributed by atoms with Crippen LogP contribution in [0, 0.1) is 0 Å². The largest absolute Gasteiger partial charge is 0.389 e. The van der Waals surface area contributed by atoms with Gasteiger partial charge in [0.15, 0.2) is 0 Å². The number of aliphatic hydroxyl groups is 1. The molecule has 1 aliphatic heterocycles. The summed E-state index contributed by atoms with van der Waals surface area (Å²) in [4.78, 5) is 2.25. The van der Waals surface area contributed by atoms with E-state index in [1.807, 2.05) is 0 Å². The first kappa shape index (κ1) is 13.9. The summed E-state index contributed by atoms with van der Waals surface area (Å²) in [6, 6.07) is 0.322. The Kier molecular flexibility index (Phi) is 5.18. The van der Waals surface area contributed by atoms with Crippen LogP contribution in [0.5, 0.6) is 0 Å². The van der Waals surface area contributed by atoms with Crippen LogP contribution < -0.4 is 5.73 Å². The van der Waals surface area contributed by atoms with Crippen LogP contribution in [0.4, 0.5) is 0 Å². The van der Waals surface area contributed by atoms with E-state index in [1.165, 1.54) is 6.42 Å². The third-order valence-corrected chi connectivity index (χ3v) is 3.44. The Hall–Kier alpha value is -0.160. The van der Waals surface area contributed by atoms with Gasteiger partial charge in [-0.15, -0.1) is 0 Å². The monoisotopic (exact) mass is 230 g/mol. The number of nitrogens with two attached hydrogens (primary N) is 1. The molecule has 1 rings (SSSR count). The van der Waals surface area contributed by atoms with E-state index in [0.717, 1.165) is 19.6 Å². The first-order chi connectivity index (χ1) is 7.44. The second kappa shape index (κ2) is 5.96. The van der Waals surface area contributed by atoms with Gasteiger partial charge in [0.05, 0.1) is 11.7 Å². The van der Waals surface area contributed by atoms with Gasteiger partial charge < -0.3 is 20.5 Å². The maximum atomic E-state index is 9.92. The quantitative estimate of drug-likeness (QED) is 0.701. The van der Waals surface area contributed by atoms with Crippen molar-refractivity contribution in [3.63, 3.8) is 0 Å². The lowest BCUT2D eigenvalue weighted by Crippen LogP contribution is -2.44. The summed E-state index contributed by atoms with van der Waals surface area (Å²) >= 11 is 0. The van der Waals surface area contributed by atoms with Crippen molar-refractivity contribution in [2.45, 2.75) is 50.9 Å². The van der Waals surface area contributed by atoms with Crippen molar-refractivity contribution >= 4 is 0 Å². The number of ether oxygens (including phenoxy) is 1. The fraction of sp³-hybridized carbons (Fsp3) is 1.00. The molecule has 0 radical (unpaired) electrons. The second-order valence-corrected chi connectivity index (χ2v) is 5.33. The minimum Gasteiger partial charge on any atom is -0.389 e. The zero-order valence-electron chi connectivity index (χ0n) is 10.8. The van der Waals surface area contributed by atoms with Crippen molar-refractivity contribution in [3.8, 4) is 0 Å². The summed E-state index contributed by atoms with van der Waals surface area (Å²) in [7, 11) is 2.08. The van der Waals surface area contributed by atoms with Crippen molar-refractivity contribution in [1.82, 2.24) is 4.90 Å². The smallest absolute Gasteiger partial charge is 0.0756 e. The molecule has 1 heterocycles. The summed E-state index contributed by atoms with van der Waals surface area (Å²) in [5.41, 5.74) is 4.77. The summed E-state index contributed by atoms with van der Waals surface area (Å²) in [6.07, 6.45) is 3.40. The van der Waals surface area contributed by atoms with Gasteiger partial charge in [-0.1, -0.05) is 0 Å². The van der Waals surface area contributed by atoms with E-state index in [1.54, 1.807) is 6.92 Å². The Morgan fingerprint density at radius 1 is 1.62 bits per heavy atom. The molecule has 4 nitrogen and oxygen atoms in total. The Morgan fingerprint density at radius 2 is 2.31 bits per heavy atom. The van der Waals surface area contributed by atoms with Crippen LogP contribution in [0.25, 0.3) is 0 Å². The Bertz CT molecular complexity index is 203. The van der Waals surface area contributed by atoms with Gasteiger partial charge in [-0.05, 0) is 40.2 Å². The predicted octanol–water partition coefficient (Wildman–Crippen LogP) is 0.586. The van der Waals surface area contributed by atoms with Crippen molar-refractivity contribution in [2.24, 2.45) is 5.73 Å². The van der Waals surface area contributed by atoms with E-state index in [9.17, 15) is 5.11 Å². The first-order valence-corrected chi connectivity index (χ1v) is 6.19. The van der Waals surface area contributed by atoms with Crippen LogP contribution >= 0.6 is 0 Å². The molecule has 3 atom stereocenters. The van der Waals surface area contributed by atoms with E-state index in [2.05, 4.69) is 18.9 Å². The van der Waals surface area contributed by atoms with Gasteiger partial charge in [-0.3, -0.25) is 0 Å². The number of likely N-dealkylation sites (N-methyl/N-ethyl adjacent to an activating group) is 1. The van der Waals surface area contributed by atoms with Crippen LogP contribution in [0.15, 0.2) is 0 Å². The maximum absolute atomic E-state index is 9.92.